The van der Waals surface area contributed by atoms with Crippen LogP contribution in [0.25, 0.3) is 0 Å². The van der Waals surface area contributed by atoms with E-state index in [1.165, 1.54) is 9.70 Å². The topological polar surface area (TPSA) is 169 Å². The van der Waals surface area contributed by atoms with Gasteiger partial charge in [0, 0.05) is 25.3 Å². The number of amides is 3. The molecular formula is C28H43N7O6. The highest BCUT2D eigenvalue weighted by Gasteiger charge is 2.61. The number of allylic oxidation sites excluding steroid dienone is 1. The van der Waals surface area contributed by atoms with Gasteiger partial charge in [0.25, 0.3) is 0 Å². The van der Waals surface area contributed by atoms with Crippen molar-refractivity contribution in [3.8, 4) is 0 Å². The third-order valence-corrected chi connectivity index (χ3v) is 7.88. The van der Waals surface area contributed by atoms with Gasteiger partial charge >= 0.3 is 12.1 Å². The van der Waals surface area contributed by atoms with Crippen molar-refractivity contribution in [2.75, 3.05) is 6.54 Å². The molecule has 226 valence electrons. The molecule has 2 aliphatic heterocycles. The van der Waals surface area contributed by atoms with Gasteiger partial charge < -0.3 is 25.4 Å². The second-order valence-electron chi connectivity index (χ2n) is 12.4. The summed E-state index contributed by atoms with van der Waals surface area (Å²) in [6, 6.07) is -2.31. The van der Waals surface area contributed by atoms with Crippen molar-refractivity contribution >= 4 is 23.9 Å². The summed E-state index contributed by atoms with van der Waals surface area (Å²) in [6.45, 7) is 7.42. The van der Waals surface area contributed by atoms with Crippen LogP contribution in [0.4, 0.5) is 4.79 Å². The first-order valence-corrected chi connectivity index (χ1v) is 14.7. The van der Waals surface area contributed by atoms with Crippen LogP contribution >= 0.6 is 0 Å². The van der Waals surface area contributed by atoms with Gasteiger partial charge in [0.05, 0.1) is 6.04 Å². The summed E-state index contributed by atoms with van der Waals surface area (Å²) in [5.41, 5.74) is -2.14. The number of nitrogens with zero attached hydrogens (tertiary/aromatic N) is 5. The molecule has 13 nitrogen and oxygen atoms in total. The average Bonchev–Trinajstić information content (AvgIpc) is 3.22. The molecule has 41 heavy (non-hydrogen) atoms. The maximum absolute atomic E-state index is 14.0. The third-order valence-electron chi connectivity index (χ3n) is 7.88. The second kappa shape index (κ2) is 12.6. The quantitative estimate of drug-likeness (QED) is 0.433. The molecule has 1 aromatic rings. The monoisotopic (exact) mass is 573 g/mol. The first-order chi connectivity index (χ1) is 19.4. The molecule has 1 saturated carbocycles. The minimum Gasteiger partial charge on any atom is -0.479 e. The SMILES string of the molecule is CCCCc1nnn([C@@H]2C[C@H]3C(=O)N[C@]4(C(=O)O)C[C@H]4C=CCCCCC[C@H](NC(=O)OC(C)(C)C)C(=O)N3C2)n1. The summed E-state index contributed by atoms with van der Waals surface area (Å²) in [5, 5.41) is 28.3. The number of fused-ring (bicyclic) bond motifs is 2. The average molecular weight is 574 g/mol. The smallest absolute Gasteiger partial charge is 0.408 e. The van der Waals surface area contributed by atoms with E-state index in [1.807, 2.05) is 12.2 Å². The normalized spacial score (nSPS) is 29.0. The van der Waals surface area contributed by atoms with E-state index in [0.29, 0.717) is 31.5 Å². The maximum atomic E-state index is 14.0. The zero-order chi connectivity index (χ0) is 29.8. The van der Waals surface area contributed by atoms with E-state index in [-0.39, 0.29) is 18.9 Å². The first-order valence-electron chi connectivity index (χ1n) is 14.7. The Morgan fingerprint density at radius 3 is 2.73 bits per heavy atom. The van der Waals surface area contributed by atoms with Gasteiger partial charge in [0.1, 0.15) is 23.2 Å². The number of aromatic nitrogens is 4. The fraction of sp³-hybridized carbons (Fsp3) is 0.750. The number of rotatable bonds is 6. The molecule has 0 radical (unpaired) electrons. The van der Waals surface area contributed by atoms with Gasteiger partial charge in [-0.2, -0.15) is 4.80 Å². The van der Waals surface area contributed by atoms with Crippen molar-refractivity contribution in [2.24, 2.45) is 5.92 Å². The summed E-state index contributed by atoms with van der Waals surface area (Å²) in [5.74, 6) is -1.78. The number of aliphatic carboxylic acids is 1. The predicted octanol–water partition coefficient (Wildman–Crippen LogP) is 2.53. The molecule has 1 saturated heterocycles. The van der Waals surface area contributed by atoms with E-state index in [1.54, 1.807) is 20.8 Å². The number of carbonyl (C=O) groups is 4. The first kappa shape index (κ1) is 30.4. The van der Waals surface area contributed by atoms with Crippen LogP contribution in [-0.2, 0) is 25.5 Å². The predicted molar refractivity (Wildman–Crippen MR) is 148 cm³/mol. The number of carbonyl (C=O) groups excluding carboxylic acids is 3. The van der Waals surface area contributed by atoms with Crippen LogP contribution in [0.1, 0.15) is 97.3 Å². The minimum atomic E-state index is -1.40. The van der Waals surface area contributed by atoms with Gasteiger partial charge in [-0.3, -0.25) is 9.59 Å². The molecule has 2 fully saturated rings. The van der Waals surface area contributed by atoms with Crippen LogP contribution in [0.15, 0.2) is 12.2 Å². The Hall–Kier alpha value is -3.51. The van der Waals surface area contributed by atoms with E-state index in [0.717, 1.165) is 32.1 Å². The third kappa shape index (κ3) is 7.42. The molecule has 1 aliphatic carbocycles. The molecule has 0 unspecified atom stereocenters. The molecule has 3 heterocycles. The van der Waals surface area contributed by atoms with Gasteiger partial charge in [-0.25, -0.2) is 9.59 Å². The summed E-state index contributed by atoms with van der Waals surface area (Å²) < 4.78 is 5.42. The number of nitrogens with one attached hydrogen (secondary N) is 2. The lowest BCUT2D eigenvalue weighted by Crippen LogP contribution is -2.56. The Balaban J connectivity index is 1.62. The van der Waals surface area contributed by atoms with E-state index in [2.05, 4.69) is 33.0 Å². The molecule has 0 spiro atoms. The van der Waals surface area contributed by atoms with Crippen LogP contribution in [0.3, 0.4) is 0 Å². The van der Waals surface area contributed by atoms with Crippen molar-refractivity contribution in [1.82, 2.24) is 35.7 Å². The van der Waals surface area contributed by atoms with Crippen LogP contribution in [0, 0.1) is 5.92 Å². The number of tetrazole rings is 1. The molecule has 3 amide bonds. The van der Waals surface area contributed by atoms with Gasteiger partial charge in [-0.15, -0.1) is 10.2 Å². The van der Waals surface area contributed by atoms with E-state index in [9.17, 15) is 24.3 Å². The number of ether oxygens (including phenoxy) is 1. The Bertz CT molecular complexity index is 1160. The van der Waals surface area contributed by atoms with Crippen LogP contribution < -0.4 is 10.6 Å². The molecule has 3 N–H and O–H groups in total. The molecule has 0 bridgehead atoms. The summed E-state index contributed by atoms with van der Waals surface area (Å²) >= 11 is 0. The van der Waals surface area contributed by atoms with Crippen LogP contribution in [-0.4, -0.2) is 83.9 Å². The molecule has 13 heteroatoms. The standard InChI is InChI=1S/C28H43N7O6/c1-5-6-14-22-31-33-35(32-22)19-15-21-23(36)30-28(25(38)39)16-18(28)12-10-8-7-9-11-13-20(24(37)34(21)17-19)29-26(40)41-27(2,3)4/h10,12,18-21H,5-9,11,13-17H2,1-4H3,(H,29,40)(H,30,36)(H,38,39)/t18-,19-,20+,21+,28-/m1/s1. The Morgan fingerprint density at radius 2 is 2.02 bits per heavy atom. The number of carboxylic acid groups (broad SMARTS) is 1. The largest absolute Gasteiger partial charge is 0.479 e. The summed E-state index contributed by atoms with van der Waals surface area (Å²) in [7, 11) is 0. The lowest BCUT2D eigenvalue weighted by Gasteiger charge is -2.30. The van der Waals surface area contributed by atoms with E-state index < -0.39 is 53.1 Å². The van der Waals surface area contributed by atoms with E-state index in [4.69, 9.17) is 4.74 Å². The van der Waals surface area contributed by atoms with Gasteiger partial charge in [-0.05, 0) is 58.1 Å². The molecule has 5 atom stereocenters. The fourth-order valence-electron chi connectivity index (χ4n) is 5.54. The highest BCUT2D eigenvalue weighted by Crippen LogP contribution is 2.45. The molecule has 1 aromatic heterocycles. The molecule has 0 aromatic carbocycles. The van der Waals surface area contributed by atoms with Crippen molar-refractivity contribution in [3.63, 3.8) is 0 Å². The second-order valence-corrected chi connectivity index (χ2v) is 12.4. The van der Waals surface area contributed by atoms with Crippen molar-refractivity contribution in [3.05, 3.63) is 18.0 Å². The zero-order valence-corrected chi connectivity index (χ0v) is 24.5. The Kier molecular flexibility index (Phi) is 9.33. The number of aryl methyl sites for hydroxylation is 1. The maximum Gasteiger partial charge on any atom is 0.408 e. The number of alkyl carbamates (subject to hydrolysis) is 1. The number of hydrogen-bond donors (Lipinski definition) is 3. The van der Waals surface area contributed by atoms with Crippen molar-refractivity contribution in [1.29, 1.82) is 0 Å². The van der Waals surface area contributed by atoms with Crippen molar-refractivity contribution in [2.45, 2.75) is 121 Å². The highest BCUT2D eigenvalue weighted by atomic mass is 16.6. The number of hydrogen-bond acceptors (Lipinski definition) is 8. The highest BCUT2D eigenvalue weighted by molar-refractivity contribution is 5.96. The lowest BCUT2D eigenvalue weighted by molar-refractivity contribution is -0.145. The summed E-state index contributed by atoms with van der Waals surface area (Å²) in [4.78, 5) is 55.5. The molecule has 4 rings (SSSR count). The number of carboxylic acids is 1. The van der Waals surface area contributed by atoms with Crippen molar-refractivity contribution < 1.29 is 29.0 Å². The van der Waals surface area contributed by atoms with Crippen LogP contribution in [0.2, 0.25) is 0 Å². The van der Waals surface area contributed by atoms with Gasteiger partial charge in [0.2, 0.25) is 11.8 Å². The fourth-order valence-corrected chi connectivity index (χ4v) is 5.54. The van der Waals surface area contributed by atoms with E-state index >= 15 is 0 Å². The molecule has 3 aliphatic rings. The summed E-state index contributed by atoms with van der Waals surface area (Å²) in [6.07, 6.45) is 9.69. The Labute approximate surface area is 240 Å². The Morgan fingerprint density at radius 1 is 1.24 bits per heavy atom. The van der Waals surface area contributed by atoms with Gasteiger partial charge in [-0.1, -0.05) is 38.3 Å². The minimum absolute atomic E-state index is 0.121. The lowest BCUT2D eigenvalue weighted by atomic mass is 10.0. The van der Waals surface area contributed by atoms with Crippen LogP contribution in [0.5, 0.6) is 0 Å². The number of unbranched alkanes of at least 4 members (excludes halogenated alkanes) is 1. The molecular weight excluding hydrogens is 530 g/mol. The zero-order valence-electron chi connectivity index (χ0n) is 24.5. The van der Waals surface area contributed by atoms with Gasteiger partial charge in [0.15, 0.2) is 5.82 Å².